The van der Waals surface area contributed by atoms with Crippen molar-refractivity contribution in [2.45, 2.75) is 25.9 Å². The second-order valence-electron chi connectivity index (χ2n) is 3.97. The maximum Gasteiger partial charge on any atom is 0.193 e. The number of Topliss-reactive ketones (excluding diaryl/α,β-unsaturated/α-hetero) is 1. The summed E-state index contributed by atoms with van der Waals surface area (Å²) in [5.41, 5.74) is 0.297. The minimum atomic E-state index is -0.489. The van der Waals surface area contributed by atoms with Crippen molar-refractivity contribution in [2.75, 3.05) is 6.61 Å². The summed E-state index contributed by atoms with van der Waals surface area (Å²) in [6.45, 7) is 2.35. The zero-order valence-corrected chi connectivity index (χ0v) is 9.15. The van der Waals surface area contributed by atoms with Crippen molar-refractivity contribution in [1.29, 1.82) is 0 Å². The molecule has 4 heteroatoms. The lowest BCUT2D eigenvalue weighted by molar-refractivity contribution is 0.0374. The van der Waals surface area contributed by atoms with Gasteiger partial charge in [0.2, 0.25) is 0 Å². The number of aromatic nitrogens is 1. The number of ketones is 1. The predicted molar refractivity (Wildman–Crippen MR) is 56.7 cm³/mol. The molecule has 1 saturated carbocycles. The van der Waals surface area contributed by atoms with Gasteiger partial charge < -0.3 is 4.74 Å². The van der Waals surface area contributed by atoms with Crippen molar-refractivity contribution in [3.63, 3.8) is 0 Å². The average Bonchev–Trinajstić information content (AvgIpc) is 3.09. The lowest BCUT2D eigenvalue weighted by atomic mass is 10.0. The Bertz CT molecular complexity index is 390. The normalized spacial score (nSPS) is 17.1. The molecule has 16 heavy (non-hydrogen) atoms. The fraction of sp³-hybridized carbons (Fsp3) is 0.500. The van der Waals surface area contributed by atoms with E-state index in [0.29, 0.717) is 18.1 Å². The van der Waals surface area contributed by atoms with Crippen LogP contribution in [0.15, 0.2) is 18.5 Å². The second-order valence-corrected chi connectivity index (χ2v) is 3.97. The van der Waals surface area contributed by atoms with Crippen LogP contribution in [0.1, 0.15) is 30.1 Å². The second kappa shape index (κ2) is 4.70. The van der Waals surface area contributed by atoms with Crippen LogP contribution < -0.4 is 0 Å². The summed E-state index contributed by atoms with van der Waals surface area (Å²) < 4.78 is 18.4. The Morgan fingerprint density at radius 2 is 2.38 bits per heavy atom. The number of hydrogen-bond donors (Lipinski definition) is 0. The van der Waals surface area contributed by atoms with Crippen LogP contribution in [0.5, 0.6) is 0 Å². The van der Waals surface area contributed by atoms with E-state index in [2.05, 4.69) is 4.98 Å². The average molecular weight is 223 g/mol. The molecule has 1 aliphatic rings. The quantitative estimate of drug-likeness (QED) is 0.718. The number of carbonyl (C=O) groups excluding carboxylic acids is 1. The molecular weight excluding hydrogens is 209 g/mol. The minimum Gasteiger partial charge on any atom is -0.370 e. The third-order valence-electron chi connectivity index (χ3n) is 2.64. The first-order valence-corrected chi connectivity index (χ1v) is 5.48. The molecule has 0 aliphatic heterocycles. The summed E-state index contributed by atoms with van der Waals surface area (Å²) in [5.74, 6) is -0.344. The SMILES string of the molecule is CCOC(C(=O)c1cncc(F)c1)C1CC1. The van der Waals surface area contributed by atoms with Crippen LogP contribution in [-0.4, -0.2) is 23.5 Å². The molecule has 0 amide bonds. The van der Waals surface area contributed by atoms with Gasteiger partial charge in [0.1, 0.15) is 11.9 Å². The predicted octanol–water partition coefficient (Wildman–Crippen LogP) is 2.22. The number of pyridine rings is 1. The van der Waals surface area contributed by atoms with Crippen LogP contribution in [0.3, 0.4) is 0 Å². The summed E-state index contributed by atoms with van der Waals surface area (Å²) in [5, 5.41) is 0. The van der Waals surface area contributed by atoms with E-state index in [-0.39, 0.29) is 5.78 Å². The Labute approximate surface area is 93.6 Å². The van der Waals surface area contributed by atoms with Crippen LogP contribution in [0.25, 0.3) is 0 Å². The van der Waals surface area contributed by atoms with Gasteiger partial charge in [-0.05, 0) is 31.7 Å². The largest absolute Gasteiger partial charge is 0.370 e. The molecule has 0 N–H and O–H groups in total. The first kappa shape index (κ1) is 11.2. The Hall–Kier alpha value is -1.29. The number of rotatable bonds is 5. The van der Waals surface area contributed by atoms with Crippen LogP contribution in [-0.2, 0) is 4.74 Å². The first-order valence-electron chi connectivity index (χ1n) is 5.48. The van der Waals surface area contributed by atoms with Crippen molar-refractivity contribution in [1.82, 2.24) is 4.98 Å². The van der Waals surface area contributed by atoms with Gasteiger partial charge in [0.25, 0.3) is 0 Å². The number of nitrogens with zero attached hydrogens (tertiary/aromatic N) is 1. The van der Waals surface area contributed by atoms with Gasteiger partial charge in [-0.3, -0.25) is 9.78 Å². The Balaban J connectivity index is 2.15. The third kappa shape index (κ3) is 2.44. The highest BCUT2D eigenvalue weighted by Crippen LogP contribution is 2.35. The molecule has 1 unspecified atom stereocenters. The molecule has 0 radical (unpaired) electrons. The van der Waals surface area contributed by atoms with E-state index < -0.39 is 11.9 Å². The van der Waals surface area contributed by atoms with Gasteiger partial charge in [0.15, 0.2) is 5.78 Å². The summed E-state index contributed by atoms with van der Waals surface area (Å²) in [4.78, 5) is 15.7. The molecule has 2 rings (SSSR count). The molecule has 1 atom stereocenters. The molecule has 1 fully saturated rings. The molecule has 0 saturated heterocycles. The summed E-state index contributed by atoms with van der Waals surface area (Å²) in [6.07, 6.45) is 4.08. The van der Waals surface area contributed by atoms with Crippen molar-refractivity contribution in [3.05, 3.63) is 29.8 Å². The third-order valence-corrected chi connectivity index (χ3v) is 2.64. The van der Waals surface area contributed by atoms with E-state index in [9.17, 15) is 9.18 Å². The van der Waals surface area contributed by atoms with E-state index in [1.807, 2.05) is 6.92 Å². The van der Waals surface area contributed by atoms with Crippen molar-refractivity contribution in [3.8, 4) is 0 Å². The first-order chi connectivity index (χ1) is 7.72. The summed E-state index contributed by atoms with van der Waals surface area (Å²) in [6, 6.07) is 1.21. The smallest absolute Gasteiger partial charge is 0.193 e. The molecular formula is C12H14FNO2. The molecule has 0 spiro atoms. The topological polar surface area (TPSA) is 39.2 Å². The maximum absolute atomic E-state index is 12.9. The van der Waals surface area contributed by atoms with Gasteiger partial charge in [-0.25, -0.2) is 4.39 Å². The number of hydrogen-bond acceptors (Lipinski definition) is 3. The Kier molecular flexibility index (Phi) is 3.29. The monoisotopic (exact) mass is 223 g/mol. The highest BCUT2D eigenvalue weighted by molar-refractivity contribution is 5.99. The van der Waals surface area contributed by atoms with Crippen LogP contribution in [0.4, 0.5) is 4.39 Å². The number of halogens is 1. The number of carbonyl (C=O) groups is 1. The van der Waals surface area contributed by atoms with Gasteiger partial charge in [0, 0.05) is 18.4 Å². The molecule has 0 aromatic carbocycles. The van der Waals surface area contributed by atoms with E-state index in [1.165, 1.54) is 12.3 Å². The van der Waals surface area contributed by atoms with Crippen molar-refractivity contribution < 1.29 is 13.9 Å². The van der Waals surface area contributed by atoms with Gasteiger partial charge in [0.05, 0.1) is 6.20 Å². The summed E-state index contributed by atoms with van der Waals surface area (Å²) >= 11 is 0. The zero-order valence-electron chi connectivity index (χ0n) is 9.15. The van der Waals surface area contributed by atoms with E-state index in [4.69, 9.17) is 4.74 Å². The fourth-order valence-corrected chi connectivity index (χ4v) is 1.72. The lowest BCUT2D eigenvalue weighted by Crippen LogP contribution is -2.27. The molecule has 1 aromatic rings. The molecule has 3 nitrogen and oxygen atoms in total. The zero-order chi connectivity index (χ0) is 11.5. The van der Waals surface area contributed by atoms with Crippen molar-refractivity contribution >= 4 is 5.78 Å². The van der Waals surface area contributed by atoms with Crippen LogP contribution in [0.2, 0.25) is 0 Å². The van der Waals surface area contributed by atoms with Crippen LogP contribution in [0, 0.1) is 11.7 Å². The van der Waals surface area contributed by atoms with Crippen molar-refractivity contribution in [2.24, 2.45) is 5.92 Å². The van der Waals surface area contributed by atoms with Gasteiger partial charge in [-0.2, -0.15) is 0 Å². The lowest BCUT2D eigenvalue weighted by Gasteiger charge is -2.14. The molecule has 1 heterocycles. The highest BCUT2D eigenvalue weighted by atomic mass is 19.1. The Morgan fingerprint density at radius 3 is 2.94 bits per heavy atom. The van der Waals surface area contributed by atoms with E-state index in [0.717, 1.165) is 19.0 Å². The van der Waals surface area contributed by atoms with E-state index in [1.54, 1.807) is 0 Å². The standard InChI is InChI=1S/C12H14FNO2/c1-2-16-12(8-3-4-8)11(15)9-5-10(13)7-14-6-9/h5-8,12H,2-4H2,1H3. The van der Waals surface area contributed by atoms with E-state index >= 15 is 0 Å². The van der Waals surface area contributed by atoms with Gasteiger partial charge in [-0.1, -0.05) is 0 Å². The fourth-order valence-electron chi connectivity index (χ4n) is 1.72. The minimum absolute atomic E-state index is 0.156. The molecule has 86 valence electrons. The molecule has 1 aliphatic carbocycles. The maximum atomic E-state index is 12.9. The summed E-state index contributed by atoms with van der Waals surface area (Å²) in [7, 11) is 0. The Morgan fingerprint density at radius 1 is 1.62 bits per heavy atom. The molecule has 0 bridgehead atoms. The van der Waals surface area contributed by atoms with Crippen LogP contribution >= 0.6 is 0 Å². The highest BCUT2D eigenvalue weighted by Gasteiger charge is 2.37. The van der Waals surface area contributed by atoms with Gasteiger partial charge >= 0.3 is 0 Å². The van der Waals surface area contributed by atoms with Gasteiger partial charge in [-0.15, -0.1) is 0 Å². The molecule has 1 aromatic heterocycles. The number of ether oxygens (including phenoxy) is 1.